The van der Waals surface area contributed by atoms with E-state index in [-0.39, 0.29) is 12.3 Å². The van der Waals surface area contributed by atoms with E-state index in [4.69, 9.17) is 9.57 Å². The van der Waals surface area contributed by atoms with Gasteiger partial charge in [-0.15, -0.1) is 0 Å². The molecule has 0 bridgehead atoms. The molecule has 112 valence electrons. The van der Waals surface area contributed by atoms with Gasteiger partial charge in [-0.3, -0.25) is 0 Å². The number of rotatable bonds is 2. The maximum absolute atomic E-state index is 12.3. The number of hydrogen-bond donors (Lipinski definition) is 0. The fraction of sp³-hybridized carbons (Fsp3) is 0.562. The zero-order chi connectivity index (χ0) is 14.2. The number of hydrogen-bond acceptors (Lipinski definition) is 3. The van der Waals surface area contributed by atoms with Crippen LogP contribution in [0.1, 0.15) is 24.6 Å². The summed E-state index contributed by atoms with van der Waals surface area (Å²) in [4.78, 5) is 19.6. The van der Waals surface area contributed by atoms with Crippen molar-refractivity contribution in [2.24, 2.45) is 11.8 Å². The lowest BCUT2D eigenvalue weighted by atomic mass is 9.81. The zero-order valence-electron chi connectivity index (χ0n) is 12.0. The van der Waals surface area contributed by atoms with Gasteiger partial charge in [0.2, 0.25) is 6.23 Å². The van der Waals surface area contributed by atoms with Crippen LogP contribution in [0.2, 0.25) is 0 Å². The summed E-state index contributed by atoms with van der Waals surface area (Å²) in [7, 11) is 0. The summed E-state index contributed by atoms with van der Waals surface area (Å²) in [5.74, 6) is 1.37. The maximum atomic E-state index is 12.3. The van der Waals surface area contributed by atoms with E-state index in [2.05, 4.69) is 0 Å². The molecule has 0 radical (unpaired) electrons. The Bertz CT molecular complexity index is 510. The molecule has 21 heavy (non-hydrogen) atoms. The lowest BCUT2D eigenvalue weighted by Crippen LogP contribution is -2.54. The summed E-state index contributed by atoms with van der Waals surface area (Å²) < 4.78 is 5.40. The minimum Gasteiger partial charge on any atom is -0.381 e. The highest BCUT2D eigenvalue weighted by Gasteiger charge is 2.48. The van der Waals surface area contributed by atoms with Gasteiger partial charge in [0.25, 0.3) is 0 Å². The Kier molecular flexibility index (Phi) is 3.31. The lowest BCUT2D eigenvalue weighted by Gasteiger charge is -2.44. The van der Waals surface area contributed by atoms with Crippen molar-refractivity contribution in [1.82, 2.24) is 9.96 Å². The van der Waals surface area contributed by atoms with Crippen LogP contribution in [-0.2, 0) is 9.57 Å². The second-order valence-electron chi connectivity index (χ2n) is 6.09. The highest BCUT2D eigenvalue weighted by Crippen LogP contribution is 2.40. The number of carbonyl (C=O) groups is 1. The summed E-state index contributed by atoms with van der Waals surface area (Å²) in [6.07, 6.45) is 2.08. The molecule has 3 fully saturated rings. The van der Waals surface area contributed by atoms with Crippen molar-refractivity contribution in [2.75, 3.05) is 26.3 Å². The van der Waals surface area contributed by atoms with E-state index in [1.807, 2.05) is 35.2 Å². The van der Waals surface area contributed by atoms with Crippen LogP contribution in [-0.4, -0.2) is 42.3 Å². The number of amides is 2. The average molecular weight is 288 g/mol. The predicted octanol–water partition coefficient (Wildman–Crippen LogP) is 2.41. The Morgan fingerprint density at radius 2 is 1.76 bits per heavy atom. The quantitative estimate of drug-likeness (QED) is 0.785. The van der Waals surface area contributed by atoms with E-state index in [1.54, 1.807) is 0 Å². The van der Waals surface area contributed by atoms with Crippen LogP contribution < -0.4 is 0 Å². The van der Waals surface area contributed by atoms with E-state index < -0.39 is 0 Å². The number of likely N-dealkylation sites (tertiary alicyclic amines) is 1. The Morgan fingerprint density at radius 3 is 2.48 bits per heavy atom. The van der Waals surface area contributed by atoms with E-state index in [0.29, 0.717) is 5.92 Å². The number of ether oxygens (including phenoxy) is 1. The molecule has 3 aliphatic heterocycles. The van der Waals surface area contributed by atoms with Gasteiger partial charge < -0.3 is 9.64 Å². The highest BCUT2D eigenvalue weighted by molar-refractivity contribution is 5.76. The predicted molar refractivity (Wildman–Crippen MR) is 76.1 cm³/mol. The van der Waals surface area contributed by atoms with Crippen LogP contribution in [0.25, 0.3) is 0 Å². The largest absolute Gasteiger partial charge is 0.381 e. The minimum atomic E-state index is -0.194. The summed E-state index contributed by atoms with van der Waals surface area (Å²) in [6, 6.07) is 9.87. The molecule has 5 nitrogen and oxygen atoms in total. The molecular weight excluding hydrogens is 268 g/mol. The molecule has 1 aromatic carbocycles. The first-order chi connectivity index (χ1) is 10.3. The molecule has 2 amide bonds. The van der Waals surface area contributed by atoms with E-state index >= 15 is 0 Å². The van der Waals surface area contributed by atoms with Crippen LogP contribution in [0.3, 0.4) is 0 Å². The van der Waals surface area contributed by atoms with Gasteiger partial charge in [-0.05, 0) is 24.7 Å². The third-order valence-corrected chi connectivity index (χ3v) is 4.77. The molecule has 0 saturated carbocycles. The van der Waals surface area contributed by atoms with Gasteiger partial charge in [0, 0.05) is 31.9 Å². The molecule has 5 heteroatoms. The number of hydroxylamine groups is 2. The maximum Gasteiger partial charge on any atom is 0.346 e. The molecule has 3 saturated heterocycles. The van der Waals surface area contributed by atoms with Crippen molar-refractivity contribution in [3.63, 3.8) is 0 Å². The summed E-state index contributed by atoms with van der Waals surface area (Å²) in [6.45, 7) is 3.48. The monoisotopic (exact) mass is 288 g/mol. The zero-order valence-corrected chi connectivity index (χ0v) is 12.0. The number of nitrogens with zero attached hydrogens (tertiary/aromatic N) is 2. The van der Waals surface area contributed by atoms with Crippen LogP contribution in [0.5, 0.6) is 0 Å². The Hall–Kier alpha value is -1.59. The fourth-order valence-corrected chi connectivity index (χ4v) is 3.33. The van der Waals surface area contributed by atoms with Crippen molar-refractivity contribution in [3.8, 4) is 0 Å². The third kappa shape index (κ3) is 2.51. The molecule has 1 atom stereocenters. The summed E-state index contributed by atoms with van der Waals surface area (Å²) >= 11 is 0. The van der Waals surface area contributed by atoms with E-state index in [0.717, 1.165) is 50.6 Å². The first kappa shape index (κ1) is 13.1. The lowest BCUT2D eigenvalue weighted by molar-refractivity contribution is 0.000508. The molecule has 0 aromatic heterocycles. The van der Waals surface area contributed by atoms with Gasteiger partial charge in [-0.1, -0.05) is 30.3 Å². The Balaban J connectivity index is 1.28. The molecule has 0 N–H and O–H groups in total. The average Bonchev–Trinajstić information content (AvgIpc) is 3.28. The van der Waals surface area contributed by atoms with Gasteiger partial charge in [0.15, 0.2) is 0 Å². The van der Waals surface area contributed by atoms with E-state index in [1.165, 1.54) is 5.06 Å². The van der Waals surface area contributed by atoms with Crippen molar-refractivity contribution in [1.29, 1.82) is 0 Å². The first-order valence-corrected chi connectivity index (χ1v) is 7.70. The summed E-state index contributed by atoms with van der Waals surface area (Å²) in [5.41, 5.74) is 1.03. The SMILES string of the molecule is O=C(N1CC(C2CCOCC2)C1)N1OC1c1ccccc1. The molecule has 1 aromatic rings. The highest BCUT2D eigenvalue weighted by atomic mass is 16.8. The van der Waals surface area contributed by atoms with Crippen molar-refractivity contribution in [2.45, 2.75) is 19.1 Å². The molecule has 3 heterocycles. The Labute approximate surface area is 124 Å². The Morgan fingerprint density at radius 1 is 1.05 bits per heavy atom. The van der Waals surface area contributed by atoms with Crippen molar-refractivity contribution in [3.05, 3.63) is 35.9 Å². The van der Waals surface area contributed by atoms with Crippen molar-refractivity contribution >= 4 is 6.03 Å². The topological polar surface area (TPSA) is 45.1 Å². The second-order valence-corrected chi connectivity index (χ2v) is 6.09. The van der Waals surface area contributed by atoms with E-state index in [9.17, 15) is 4.79 Å². The molecule has 3 aliphatic rings. The van der Waals surface area contributed by atoms with Gasteiger partial charge in [0.05, 0.1) is 0 Å². The first-order valence-electron chi connectivity index (χ1n) is 7.70. The number of carbonyl (C=O) groups excluding carboxylic acids is 1. The normalized spacial score (nSPS) is 26.6. The fourth-order valence-electron chi connectivity index (χ4n) is 3.33. The van der Waals surface area contributed by atoms with Crippen LogP contribution in [0.15, 0.2) is 30.3 Å². The van der Waals surface area contributed by atoms with Gasteiger partial charge in [-0.2, -0.15) is 5.06 Å². The van der Waals surface area contributed by atoms with Gasteiger partial charge >= 0.3 is 6.03 Å². The summed E-state index contributed by atoms with van der Waals surface area (Å²) in [5, 5.41) is 1.48. The van der Waals surface area contributed by atoms with Gasteiger partial charge in [0.1, 0.15) is 0 Å². The smallest absolute Gasteiger partial charge is 0.346 e. The second kappa shape index (κ2) is 5.31. The van der Waals surface area contributed by atoms with Crippen LogP contribution >= 0.6 is 0 Å². The number of urea groups is 1. The standard InChI is InChI=1S/C16H20N2O3/c19-16(18-15(21-18)13-4-2-1-3-5-13)17-10-14(11-17)12-6-8-20-9-7-12/h1-5,12,14-15H,6-11H2. The molecule has 0 aliphatic carbocycles. The van der Waals surface area contributed by atoms with Gasteiger partial charge in [-0.25, -0.2) is 9.63 Å². The van der Waals surface area contributed by atoms with Crippen molar-refractivity contribution < 1.29 is 14.4 Å². The minimum absolute atomic E-state index is 0.00663. The van der Waals surface area contributed by atoms with Crippen LogP contribution in [0.4, 0.5) is 4.79 Å². The van der Waals surface area contributed by atoms with Crippen LogP contribution in [0, 0.1) is 11.8 Å². The molecule has 1 unspecified atom stereocenters. The molecular formula is C16H20N2O3. The number of benzene rings is 1. The third-order valence-electron chi connectivity index (χ3n) is 4.77. The molecule has 0 spiro atoms. The molecule has 4 rings (SSSR count).